The minimum absolute atomic E-state index is 0.214. The van der Waals surface area contributed by atoms with Gasteiger partial charge >= 0.3 is 5.97 Å². The van der Waals surface area contributed by atoms with Crippen molar-refractivity contribution in [1.82, 2.24) is 9.97 Å². The fraction of sp³-hybridized carbons (Fsp3) is 0.167. The summed E-state index contributed by atoms with van der Waals surface area (Å²) in [6, 6.07) is 11.1. The van der Waals surface area contributed by atoms with E-state index >= 15 is 0 Å². The smallest absolute Gasteiger partial charge is 0.337 e. The van der Waals surface area contributed by atoms with Crippen LogP contribution in [0.2, 0.25) is 0 Å². The lowest BCUT2D eigenvalue weighted by atomic mass is 10.2. The number of pyridine rings is 2. The standard InChI is InChI=1S/C18H17N3O3/c22-18(23)14-7-10-19-12-16(14)21-9-3-11-24-17-6-1-5-15-13(17)4-2-8-20-15/h1-2,4-8,10,12,21H,3,9,11H2,(H,22,23). The molecule has 6 nitrogen and oxygen atoms in total. The monoisotopic (exact) mass is 323 g/mol. The van der Waals surface area contributed by atoms with Crippen LogP contribution in [0.4, 0.5) is 5.69 Å². The minimum atomic E-state index is -0.973. The summed E-state index contributed by atoms with van der Waals surface area (Å²) in [7, 11) is 0. The number of aromatic nitrogens is 2. The van der Waals surface area contributed by atoms with Crippen LogP contribution in [0, 0.1) is 0 Å². The Bertz CT molecular complexity index is 846. The van der Waals surface area contributed by atoms with Crippen molar-refractivity contribution in [3.63, 3.8) is 0 Å². The van der Waals surface area contributed by atoms with Gasteiger partial charge in [0.15, 0.2) is 0 Å². The molecule has 1 aromatic carbocycles. The van der Waals surface area contributed by atoms with Gasteiger partial charge in [-0.3, -0.25) is 9.97 Å². The van der Waals surface area contributed by atoms with E-state index in [-0.39, 0.29) is 5.56 Å². The highest BCUT2D eigenvalue weighted by molar-refractivity contribution is 5.93. The Hall–Kier alpha value is -3.15. The lowest BCUT2D eigenvalue weighted by Crippen LogP contribution is -2.11. The Labute approximate surface area is 139 Å². The maximum Gasteiger partial charge on any atom is 0.337 e. The second-order valence-electron chi connectivity index (χ2n) is 5.18. The first-order valence-corrected chi connectivity index (χ1v) is 7.63. The van der Waals surface area contributed by atoms with Gasteiger partial charge in [-0.05, 0) is 36.8 Å². The highest BCUT2D eigenvalue weighted by atomic mass is 16.5. The minimum Gasteiger partial charge on any atom is -0.493 e. The Morgan fingerprint density at radius 2 is 2.08 bits per heavy atom. The molecule has 2 N–H and O–H groups in total. The number of hydrogen-bond acceptors (Lipinski definition) is 5. The van der Waals surface area contributed by atoms with Crippen LogP contribution in [0.5, 0.6) is 5.75 Å². The van der Waals surface area contributed by atoms with Gasteiger partial charge < -0.3 is 15.2 Å². The van der Waals surface area contributed by atoms with Crippen molar-refractivity contribution in [1.29, 1.82) is 0 Å². The number of benzene rings is 1. The zero-order chi connectivity index (χ0) is 16.8. The quantitative estimate of drug-likeness (QED) is 0.650. The fourth-order valence-electron chi connectivity index (χ4n) is 2.40. The molecule has 0 spiro atoms. The molecule has 0 fully saturated rings. The summed E-state index contributed by atoms with van der Waals surface area (Å²) in [5.74, 6) is -0.174. The van der Waals surface area contributed by atoms with E-state index in [0.717, 1.165) is 23.1 Å². The van der Waals surface area contributed by atoms with Gasteiger partial charge in [-0.25, -0.2) is 4.79 Å². The Morgan fingerprint density at radius 1 is 1.17 bits per heavy atom. The van der Waals surface area contributed by atoms with E-state index in [1.54, 1.807) is 6.20 Å². The van der Waals surface area contributed by atoms with E-state index in [4.69, 9.17) is 9.84 Å². The zero-order valence-electron chi connectivity index (χ0n) is 13.0. The average Bonchev–Trinajstić information content (AvgIpc) is 2.62. The van der Waals surface area contributed by atoms with Gasteiger partial charge in [0.1, 0.15) is 5.75 Å². The van der Waals surface area contributed by atoms with E-state index in [0.29, 0.717) is 18.8 Å². The Morgan fingerprint density at radius 3 is 2.96 bits per heavy atom. The molecule has 0 unspecified atom stereocenters. The second kappa shape index (κ2) is 7.41. The summed E-state index contributed by atoms with van der Waals surface area (Å²) < 4.78 is 5.82. The molecule has 2 aromatic heterocycles. The lowest BCUT2D eigenvalue weighted by Gasteiger charge is -2.11. The maximum atomic E-state index is 11.1. The molecule has 3 rings (SSSR count). The van der Waals surface area contributed by atoms with Crippen molar-refractivity contribution in [2.45, 2.75) is 6.42 Å². The average molecular weight is 323 g/mol. The molecule has 0 bridgehead atoms. The first-order chi connectivity index (χ1) is 11.8. The number of carboxylic acid groups (broad SMARTS) is 1. The van der Waals surface area contributed by atoms with E-state index in [2.05, 4.69) is 15.3 Å². The van der Waals surface area contributed by atoms with E-state index in [1.807, 2.05) is 30.3 Å². The van der Waals surface area contributed by atoms with Crippen LogP contribution >= 0.6 is 0 Å². The van der Waals surface area contributed by atoms with Crippen LogP contribution in [0.15, 0.2) is 55.0 Å². The number of fused-ring (bicyclic) bond motifs is 1. The number of nitrogens with zero attached hydrogens (tertiary/aromatic N) is 2. The van der Waals surface area contributed by atoms with Gasteiger partial charge in [0.05, 0.1) is 29.6 Å². The molecular formula is C18H17N3O3. The maximum absolute atomic E-state index is 11.1. The molecule has 0 saturated heterocycles. The molecule has 0 aliphatic rings. The van der Waals surface area contributed by atoms with Crippen LogP contribution in [0.25, 0.3) is 10.9 Å². The summed E-state index contributed by atoms with van der Waals surface area (Å²) in [6.45, 7) is 1.11. The summed E-state index contributed by atoms with van der Waals surface area (Å²) in [6.07, 6.45) is 5.46. The van der Waals surface area contributed by atoms with E-state index < -0.39 is 5.97 Å². The second-order valence-corrected chi connectivity index (χ2v) is 5.18. The fourth-order valence-corrected chi connectivity index (χ4v) is 2.40. The first-order valence-electron chi connectivity index (χ1n) is 7.63. The van der Waals surface area contributed by atoms with Crippen molar-refractivity contribution in [3.05, 3.63) is 60.6 Å². The van der Waals surface area contributed by atoms with Crippen LogP contribution in [-0.2, 0) is 0 Å². The Kier molecular flexibility index (Phi) is 4.86. The van der Waals surface area contributed by atoms with Gasteiger partial charge in [-0.1, -0.05) is 6.07 Å². The number of aromatic carboxylic acids is 1. The van der Waals surface area contributed by atoms with Crippen LogP contribution < -0.4 is 10.1 Å². The third-order valence-corrected chi connectivity index (χ3v) is 3.55. The zero-order valence-corrected chi connectivity index (χ0v) is 13.0. The number of carbonyl (C=O) groups is 1. The van der Waals surface area contributed by atoms with Crippen molar-refractivity contribution >= 4 is 22.6 Å². The van der Waals surface area contributed by atoms with Crippen LogP contribution in [-0.4, -0.2) is 34.2 Å². The molecule has 2 heterocycles. The number of rotatable bonds is 7. The summed E-state index contributed by atoms with van der Waals surface area (Å²) >= 11 is 0. The summed E-state index contributed by atoms with van der Waals surface area (Å²) in [5.41, 5.74) is 1.62. The predicted octanol–water partition coefficient (Wildman–Crippen LogP) is 3.21. The summed E-state index contributed by atoms with van der Waals surface area (Å²) in [4.78, 5) is 19.4. The number of anilines is 1. The number of carboxylic acids is 1. The van der Waals surface area contributed by atoms with Crippen molar-refractivity contribution in [2.24, 2.45) is 0 Å². The topological polar surface area (TPSA) is 84.3 Å². The largest absolute Gasteiger partial charge is 0.493 e. The molecule has 0 radical (unpaired) electrons. The van der Waals surface area contributed by atoms with Gasteiger partial charge in [0, 0.05) is 24.3 Å². The third kappa shape index (κ3) is 3.60. The first kappa shape index (κ1) is 15.7. The van der Waals surface area contributed by atoms with Crippen molar-refractivity contribution in [3.8, 4) is 5.75 Å². The van der Waals surface area contributed by atoms with Gasteiger partial charge in [0.25, 0.3) is 0 Å². The molecule has 122 valence electrons. The number of ether oxygens (including phenoxy) is 1. The normalized spacial score (nSPS) is 10.5. The molecule has 0 saturated carbocycles. The van der Waals surface area contributed by atoms with Gasteiger partial charge in [-0.15, -0.1) is 0 Å². The van der Waals surface area contributed by atoms with Gasteiger partial charge in [0.2, 0.25) is 0 Å². The van der Waals surface area contributed by atoms with E-state index in [1.165, 1.54) is 18.5 Å². The van der Waals surface area contributed by atoms with Crippen LogP contribution in [0.3, 0.4) is 0 Å². The molecule has 0 aliphatic carbocycles. The SMILES string of the molecule is O=C(O)c1ccncc1NCCCOc1cccc2ncccc12. The molecule has 0 atom stereocenters. The van der Waals surface area contributed by atoms with Gasteiger partial charge in [-0.2, -0.15) is 0 Å². The van der Waals surface area contributed by atoms with Crippen LogP contribution in [0.1, 0.15) is 16.8 Å². The lowest BCUT2D eigenvalue weighted by molar-refractivity contribution is 0.0698. The predicted molar refractivity (Wildman–Crippen MR) is 91.5 cm³/mol. The molecular weight excluding hydrogens is 306 g/mol. The molecule has 0 amide bonds. The summed E-state index contributed by atoms with van der Waals surface area (Å²) in [5, 5.41) is 13.2. The molecule has 24 heavy (non-hydrogen) atoms. The third-order valence-electron chi connectivity index (χ3n) is 3.55. The Balaban J connectivity index is 1.53. The molecule has 0 aliphatic heterocycles. The highest BCUT2D eigenvalue weighted by Gasteiger charge is 2.08. The van der Waals surface area contributed by atoms with Crippen molar-refractivity contribution in [2.75, 3.05) is 18.5 Å². The van der Waals surface area contributed by atoms with E-state index in [9.17, 15) is 4.79 Å². The van der Waals surface area contributed by atoms with Crippen molar-refractivity contribution < 1.29 is 14.6 Å². The number of hydrogen-bond donors (Lipinski definition) is 2. The molecule has 6 heteroatoms. The number of nitrogens with one attached hydrogen (secondary N) is 1. The highest BCUT2D eigenvalue weighted by Crippen LogP contribution is 2.23. The molecule has 3 aromatic rings.